The van der Waals surface area contributed by atoms with Crippen LogP contribution in [0.2, 0.25) is 0 Å². The lowest BCUT2D eigenvalue weighted by atomic mass is 9.95. The van der Waals surface area contributed by atoms with E-state index in [1.165, 1.54) is 12.1 Å². The molecule has 4 rings (SSSR count). The van der Waals surface area contributed by atoms with Crippen LogP contribution in [-0.4, -0.2) is 69.3 Å². The second-order valence-corrected chi connectivity index (χ2v) is 7.02. The summed E-state index contributed by atoms with van der Waals surface area (Å²) in [4.78, 5) is 26.6. The van der Waals surface area contributed by atoms with Crippen LogP contribution < -0.4 is 0 Å². The molecule has 2 aliphatic rings. The zero-order valence-electron chi connectivity index (χ0n) is 15.4. The van der Waals surface area contributed by atoms with Gasteiger partial charge in [0.25, 0.3) is 11.8 Å². The van der Waals surface area contributed by atoms with E-state index in [1.807, 2.05) is 30.3 Å². The molecule has 0 bridgehead atoms. The van der Waals surface area contributed by atoms with Crippen molar-refractivity contribution < 1.29 is 34.4 Å². The molecule has 1 unspecified atom stereocenters. The molecule has 5 atom stereocenters. The van der Waals surface area contributed by atoms with Gasteiger partial charge in [-0.05, 0) is 17.7 Å². The number of carbonyl (C=O) groups is 2. The van der Waals surface area contributed by atoms with E-state index >= 15 is 0 Å². The Kier molecular flexibility index (Phi) is 5.44. The minimum Gasteiger partial charge on any atom is -0.394 e. The van der Waals surface area contributed by atoms with Gasteiger partial charge in [-0.25, -0.2) is 0 Å². The molecule has 8 heteroatoms. The molecule has 2 heterocycles. The van der Waals surface area contributed by atoms with Crippen LogP contribution in [0.25, 0.3) is 0 Å². The maximum absolute atomic E-state index is 12.9. The van der Waals surface area contributed by atoms with Crippen molar-refractivity contribution in [2.24, 2.45) is 0 Å². The molecule has 2 aromatic carbocycles. The summed E-state index contributed by atoms with van der Waals surface area (Å²) >= 11 is 0. The standard InChI is InChI=1S/C21H21NO7/c23-10-15-17(24)18(25)16(21(29-15)28-11-12-6-2-1-3-7-12)22-19(26)13-8-4-5-9-14(13)20(22)27/h1-9,15-18,21,23-25H,10-11H2/t15?,16-,17-,18+,21+/m0/s1. The van der Waals surface area contributed by atoms with Crippen molar-refractivity contribution in [2.45, 2.75) is 37.3 Å². The van der Waals surface area contributed by atoms with Crippen molar-refractivity contribution >= 4 is 11.8 Å². The van der Waals surface area contributed by atoms with Crippen molar-refractivity contribution in [2.75, 3.05) is 6.61 Å². The van der Waals surface area contributed by atoms with Gasteiger partial charge in [0, 0.05) is 0 Å². The molecule has 3 N–H and O–H groups in total. The third kappa shape index (κ3) is 3.45. The first-order valence-electron chi connectivity index (χ1n) is 9.28. The number of nitrogens with zero attached hydrogens (tertiary/aromatic N) is 1. The molecule has 29 heavy (non-hydrogen) atoms. The lowest BCUT2D eigenvalue weighted by Gasteiger charge is -2.44. The van der Waals surface area contributed by atoms with Gasteiger partial charge in [0.2, 0.25) is 0 Å². The molecule has 0 aliphatic carbocycles. The summed E-state index contributed by atoms with van der Waals surface area (Å²) in [6.45, 7) is -0.468. The van der Waals surface area contributed by atoms with E-state index in [0.29, 0.717) is 0 Å². The van der Waals surface area contributed by atoms with E-state index < -0.39 is 49.1 Å². The van der Waals surface area contributed by atoms with Crippen molar-refractivity contribution in [3.05, 3.63) is 71.3 Å². The maximum atomic E-state index is 12.9. The van der Waals surface area contributed by atoms with E-state index in [2.05, 4.69) is 0 Å². The fraction of sp³-hybridized carbons (Fsp3) is 0.333. The quantitative estimate of drug-likeness (QED) is 0.620. The smallest absolute Gasteiger partial charge is 0.262 e. The Bertz CT molecular complexity index is 868. The normalized spacial score (nSPS) is 29.2. The highest BCUT2D eigenvalue weighted by Crippen LogP contribution is 2.32. The fourth-order valence-corrected chi connectivity index (χ4v) is 3.71. The number of benzene rings is 2. The molecule has 152 valence electrons. The SMILES string of the molecule is O=C1c2ccccc2C(=O)N1[C@@H]1[C@H](OCc2ccccc2)OC(CO)[C@H](O)[C@@H]1O. The third-order valence-electron chi connectivity index (χ3n) is 5.23. The number of rotatable bonds is 5. The zero-order chi connectivity index (χ0) is 20.5. The van der Waals surface area contributed by atoms with Crippen LogP contribution in [0.4, 0.5) is 0 Å². The highest BCUT2D eigenvalue weighted by molar-refractivity contribution is 6.21. The van der Waals surface area contributed by atoms with Gasteiger partial charge in [-0.1, -0.05) is 42.5 Å². The largest absolute Gasteiger partial charge is 0.394 e. The Morgan fingerprint density at radius 2 is 1.48 bits per heavy atom. The van der Waals surface area contributed by atoms with Gasteiger partial charge in [0.1, 0.15) is 24.4 Å². The van der Waals surface area contributed by atoms with Crippen LogP contribution in [0.15, 0.2) is 54.6 Å². The molecule has 0 spiro atoms. The average Bonchev–Trinajstić information content (AvgIpc) is 3.00. The van der Waals surface area contributed by atoms with Crippen molar-refractivity contribution in [1.29, 1.82) is 0 Å². The molecular formula is C21H21NO7. The van der Waals surface area contributed by atoms with Gasteiger partial charge in [0.05, 0.1) is 24.3 Å². The molecule has 0 saturated carbocycles. The van der Waals surface area contributed by atoms with Gasteiger partial charge < -0.3 is 24.8 Å². The van der Waals surface area contributed by atoms with Crippen LogP contribution in [0, 0.1) is 0 Å². The first-order chi connectivity index (χ1) is 14.0. The lowest BCUT2D eigenvalue weighted by molar-refractivity contribution is -0.282. The second-order valence-electron chi connectivity index (χ2n) is 7.02. The molecule has 8 nitrogen and oxygen atoms in total. The van der Waals surface area contributed by atoms with E-state index in [9.17, 15) is 24.9 Å². The van der Waals surface area contributed by atoms with Gasteiger partial charge in [-0.3, -0.25) is 14.5 Å². The lowest BCUT2D eigenvalue weighted by Crippen LogP contribution is -2.65. The first-order valence-corrected chi connectivity index (χ1v) is 9.28. The van der Waals surface area contributed by atoms with Crippen molar-refractivity contribution in [3.8, 4) is 0 Å². The zero-order valence-corrected chi connectivity index (χ0v) is 15.4. The minimum atomic E-state index is -1.55. The Labute approximate surface area is 166 Å². The summed E-state index contributed by atoms with van der Waals surface area (Å²) in [5, 5.41) is 30.5. The summed E-state index contributed by atoms with van der Waals surface area (Å²) in [5.41, 5.74) is 1.24. The Hall–Kier alpha value is -2.62. The van der Waals surface area contributed by atoms with Crippen molar-refractivity contribution in [3.63, 3.8) is 0 Å². The Balaban J connectivity index is 1.64. The predicted octanol–water partition coefficient (Wildman–Crippen LogP) is 0.307. The third-order valence-corrected chi connectivity index (χ3v) is 5.23. The minimum absolute atomic E-state index is 0.0894. The summed E-state index contributed by atoms with van der Waals surface area (Å²) in [7, 11) is 0. The number of ether oxygens (including phenoxy) is 2. The average molecular weight is 399 g/mol. The highest BCUT2D eigenvalue weighted by atomic mass is 16.7. The summed E-state index contributed by atoms with van der Waals surface area (Å²) < 4.78 is 11.4. The highest BCUT2D eigenvalue weighted by Gasteiger charge is 2.53. The van der Waals surface area contributed by atoms with Crippen LogP contribution >= 0.6 is 0 Å². The molecule has 2 aromatic rings. The van der Waals surface area contributed by atoms with Crippen LogP contribution in [-0.2, 0) is 16.1 Å². The number of carbonyl (C=O) groups excluding carboxylic acids is 2. The second kappa shape index (κ2) is 8.02. The topological polar surface area (TPSA) is 117 Å². The van der Waals surface area contributed by atoms with Gasteiger partial charge in [0.15, 0.2) is 6.29 Å². The number of hydrogen-bond donors (Lipinski definition) is 3. The number of amides is 2. The van der Waals surface area contributed by atoms with E-state index in [1.54, 1.807) is 12.1 Å². The molecule has 2 aliphatic heterocycles. The summed E-state index contributed by atoms with van der Waals surface area (Å²) in [5.74, 6) is -1.19. The van der Waals surface area contributed by atoms with Crippen LogP contribution in [0.5, 0.6) is 0 Å². The Morgan fingerprint density at radius 3 is 2.07 bits per heavy atom. The number of aliphatic hydroxyl groups excluding tert-OH is 3. The van der Waals surface area contributed by atoms with Gasteiger partial charge >= 0.3 is 0 Å². The van der Waals surface area contributed by atoms with E-state index in [-0.39, 0.29) is 17.7 Å². The molecule has 0 aromatic heterocycles. The fourth-order valence-electron chi connectivity index (χ4n) is 3.71. The predicted molar refractivity (Wildman–Crippen MR) is 99.7 cm³/mol. The first kappa shape index (κ1) is 19.7. The molecule has 0 radical (unpaired) electrons. The van der Waals surface area contributed by atoms with Gasteiger partial charge in [-0.2, -0.15) is 0 Å². The molecule has 2 amide bonds. The van der Waals surface area contributed by atoms with Gasteiger partial charge in [-0.15, -0.1) is 0 Å². The summed E-state index contributed by atoms with van der Waals surface area (Å²) in [6, 6.07) is 14.2. The molecule has 1 fully saturated rings. The van der Waals surface area contributed by atoms with Crippen molar-refractivity contribution in [1.82, 2.24) is 4.90 Å². The summed E-state index contributed by atoms with van der Waals surface area (Å²) in [6.07, 6.45) is -5.39. The maximum Gasteiger partial charge on any atom is 0.262 e. The van der Waals surface area contributed by atoms with Crippen LogP contribution in [0.1, 0.15) is 26.3 Å². The molecular weight excluding hydrogens is 378 g/mol. The molecule has 1 saturated heterocycles. The number of imide groups is 1. The van der Waals surface area contributed by atoms with E-state index in [4.69, 9.17) is 9.47 Å². The monoisotopic (exact) mass is 399 g/mol. The van der Waals surface area contributed by atoms with Crippen LogP contribution in [0.3, 0.4) is 0 Å². The Morgan fingerprint density at radius 1 is 0.897 bits per heavy atom. The number of aliphatic hydroxyl groups is 3. The number of fused-ring (bicyclic) bond motifs is 1. The number of hydrogen-bond acceptors (Lipinski definition) is 7. The van der Waals surface area contributed by atoms with E-state index in [0.717, 1.165) is 10.5 Å².